The lowest BCUT2D eigenvalue weighted by molar-refractivity contribution is -0.123. The lowest BCUT2D eigenvalue weighted by atomic mass is 10.1. The predicted octanol–water partition coefficient (Wildman–Crippen LogP) is 3.03. The van der Waals surface area contributed by atoms with E-state index in [0.29, 0.717) is 11.3 Å². The second-order valence-electron chi connectivity index (χ2n) is 5.92. The summed E-state index contributed by atoms with van der Waals surface area (Å²) >= 11 is 5.96. The Labute approximate surface area is 162 Å². The van der Waals surface area contributed by atoms with Crippen LogP contribution in [0.5, 0.6) is 5.75 Å². The van der Waals surface area contributed by atoms with Crippen LogP contribution in [0, 0.1) is 5.82 Å². The number of carbonyl (C=O) groups is 1. The van der Waals surface area contributed by atoms with Crippen molar-refractivity contribution in [1.82, 2.24) is 10.0 Å². The van der Waals surface area contributed by atoms with E-state index in [9.17, 15) is 17.6 Å². The van der Waals surface area contributed by atoms with Gasteiger partial charge in [-0.3, -0.25) is 4.79 Å². The summed E-state index contributed by atoms with van der Waals surface area (Å²) in [6.07, 6.45) is 0. The molecule has 0 aliphatic heterocycles. The third-order valence-electron chi connectivity index (χ3n) is 3.89. The molecule has 146 valence electrons. The molecule has 9 heteroatoms. The number of amides is 1. The zero-order valence-electron chi connectivity index (χ0n) is 15.0. The standard InChI is InChI=1S/C18H20ClFN2O4S/c1-11(13-4-6-14(20)7-5-13)21-18(23)12(2)22-27(24,25)15-8-9-17(26-3)16(19)10-15/h4-12,22H,1-3H3,(H,21,23). The summed E-state index contributed by atoms with van der Waals surface area (Å²) in [7, 11) is -2.54. The summed E-state index contributed by atoms with van der Waals surface area (Å²) in [6.45, 7) is 3.14. The van der Waals surface area contributed by atoms with Gasteiger partial charge in [0.1, 0.15) is 11.6 Å². The maximum atomic E-state index is 13.0. The minimum Gasteiger partial charge on any atom is -0.495 e. The van der Waals surface area contributed by atoms with E-state index in [2.05, 4.69) is 10.0 Å². The van der Waals surface area contributed by atoms with Crippen molar-refractivity contribution < 1.29 is 22.3 Å². The summed E-state index contributed by atoms with van der Waals surface area (Å²) in [5.74, 6) is -0.555. The van der Waals surface area contributed by atoms with Crippen LogP contribution in [-0.2, 0) is 14.8 Å². The van der Waals surface area contributed by atoms with Gasteiger partial charge in [0.25, 0.3) is 0 Å². The number of methoxy groups -OCH3 is 1. The van der Waals surface area contributed by atoms with E-state index in [1.165, 1.54) is 44.4 Å². The molecule has 2 rings (SSSR count). The van der Waals surface area contributed by atoms with Gasteiger partial charge in [-0.05, 0) is 49.7 Å². The quantitative estimate of drug-likeness (QED) is 0.729. The first-order valence-corrected chi connectivity index (χ1v) is 9.92. The molecule has 0 saturated carbocycles. The van der Waals surface area contributed by atoms with Gasteiger partial charge in [0, 0.05) is 0 Å². The summed E-state index contributed by atoms with van der Waals surface area (Å²) in [6, 6.07) is 8.24. The average molecular weight is 415 g/mol. The topological polar surface area (TPSA) is 84.5 Å². The smallest absolute Gasteiger partial charge is 0.241 e. The fourth-order valence-corrected chi connectivity index (χ4v) is 3.89. The summed E-state index contributed by atoms with van der Waals surface area (Å²) < 4.78 is 45.2. The van der Waals surface area contributed by atoms with E-state index in [4.69, 9.17) is 16.3 Å². The number of hydrogen-bond acceptors (Lipinski definition) is 4. The molecule has 0 aliphatic rings. The van der Waals surface area contributed by atoms with Crippen LogP contribution in [0.1, 0.15) is 25.5 Å². The van der Waals surface area contributed by atoms with Crippen molar-refractivity contribution in [3.8, 4) is 5.75 Å². The zero-order valence-corrected chi connectivity index (χ0v) is 16.6. The number of carbonyl (C=O) groups excluding carboxylic acids is 1. The van der Waals surface area contributed by atoms with Gasteiger partial charge in [-0.15, -0.1) is 0 Å². The van der Waals surface area contributed by atoms with Crippen LogP contribution in [0.2, 0.25) is 5.02 Å². The molecule has 2 aromatic carbocycles. The SMILES string of the molecule is COc1ccc(S(=O)(=O)NC(C)C(=O)NC(C)c2ccc(F)cc2)cc1Cl. The minimum absolute atomic E-state index is 0.0838. The lowest BCUT2D eigenvalue weighted by Crippen LogP contribution is -2.45. The van der Waals surface area contributed by atoms with Crippen LogP contribution in [0.3, 0.4) is 0 Å². The highest BCUT2D eigenvalue weighted by Crippen LogP contribution is 2.27. The molecule has 0 spiro atoms. The van der Waals surface area contributed by atoms with E-state index < -0.39 is 28.0 Å². The molecule has 6 nitrogen and oxygen atoms in total. The average Bonchev–Trinajstić information content (AvgIpc) is 2.61. The molecule has 0 saturated heterocycles. The summed E-state index contributed by atoms with van der Waals surface area (Å²) in [5, 5.41) is 2.83. The number of hydrogen-bond donors (Lipinski definition) is 2. The van der Waals surface area contributed by atoms with Crippen molar-refractivity contribution in [2.75, 3.05) is 7.11 Å². The van der Waals surface area contributed by atoms with Crippen molar-refractivity contribution in [2.24, 2.45) is 0 Å². The molecular formula is C18H20ClFN2O4S. The summed E-state index contributed by atoms with van der Waals surface area (Å²) in [4.78, 5) is 12.2. The Morgan fingerprint density at radius 3 is 2.33 bits per heavy atom. The Morgan fingerprint density at radius 1 is 1.15 bits per heavy atom. The number of sulfonamides is 1. The van der Waals surface area contributed by atoms with Crippen LogP contribution in [0.25, 0.3) is 0 Å². The Morgan fingerprint density at radius 2 is 1.78 bits per heavy atom. The number of ether oxygens (including phenoxy) is 1. The maximum Gasteiger partial charge on any atom is 0.241 e. The van der Waals surface area contributed by atoms with Gasteiger partial charge >= 0.3 is 0 Å². The lowest BCUT2D eigenvalue weighted by Gasteiger charge is -2.19. The molecule has 2 N–H and O–H groups in total. The van der Waals surface area contributed by atoms with Crippen LogP contribution in [-0.4, -0.2) is 27.5 Å². The van der Waals surface area contributed by atoms with Crippen molar-refractivity contribution in [3.05, 3.63) is 58.9 Å². The Hall–Kier alpha value is -2.16. The Bertz CT molecular complexity index is 919. The molecule has 27 heavy (non-hydrogen) atoms. The first-order chi connectivity index (χ1) is 12.6. The first kappa shape index (κ1) is 21.1. The van der Waals surface area contributed by atoms with E-state index in [1.54, 1.807) is 19.1 Å². The molecular weight excluding hydrogens is 395 g/mol. The maximum absolute atomic E-state index is 13.0. The van der Waals surface area contributed by atoms with E-state index in [0.717, 1.165) is 0 Å². The molecule has 0 aromatic heterocycles. The molecule has 0 aliphatic carbocycles. The van der Waals surface area contributed by atoms with Gasteiger partial charge in [-0.2, -0.15) is 4.72 Å². The number of benzene rings is 2. The highest BCUT2D eigenvalue weighted by molar-refractivity contribution is 7.89. The first-order valence-electron chi connectivity index (χ1n) is 8.05. The van der Waals surface area contributed by atoms with Crippen LogP contribution < -0.4 is 14.8 Å². The number of rotatable bonds is 7. The van der Waals surface area contributed by atoms with Gasteiger partial charge in [-0.25, -0.2) is 12.8 Å². The zero-order chi connectivity index (χ0) is 20.2. The van der Waals surface area contributed by atoms with Gasteiger partial charge in [0.15, 0.2) is 0 Å². The van der Waals surface area contributed by atoms with Crippen LogP contribution >= 0.6 is 11.6 Å². The highest BCUT2D eigenvalue weighted by Gasteiger charge is 2.24. The van der Waals surface area contributed by atoms with Crippen molar-refractivity contribution in [2.45, 2.75) is 30.8 Å². The fourth-order valence-electron chi connectivity index (χ4n) is 2.34. The second kappa shape index (κ2) is 8.69. The molecule has 1 amide bonds. The molecule has 0 bridgehead atoms. The van der Waals surface area contributed by atoms with Gasteiger partial charge in [-0.1, -0.05) is 23.7 Å². The van der Waals surface area contributed by atoms with E-state index in [1.807, 2.05) is 0 Å². The third kappa shape index (κ3) is 5.41. The Kier molecular flexibility index (Phi) is 6.80. The van der Waals surface area contributed by atoms with E-state index in [-0.39, 0.29) is 15.7 Å². The predicted molar refractivity (Wildman–Crippen MR) is 101 cm³/mol. The monoisotopic (exact) mass is 414 g/mol. The van der Waals surface area contributed by atoms with Crippen LogP contribution in [0.4, 0.5) is 4.39 Å². The molecule has 2 aromatic rings. The van der Waals surface area contributed by atoms with Crippen molar-refractivity contribution in [1.29, 1.82) is 0 Å². The molecule has 2 unspecified atom stereocenters. The van der Waals surface area contributed by atoms with Crippen molar-refractivity contribution >= 4 is 27.5 Å². The summed E-state index contributed by atoms with van der Waals surface area (Å²) in [5.41, 5.74) is 0.696. The Balaban J connectivity index is 2.06. The van der Waals surface area contributed by atoms with Gasteiger partial charge in [0.05, 0.1) is 29.1 Å². The second-order valence-corrected chi connectivity index (χ2v) is 8.04. The number of halogens is 2. The molecule has 0 heterocycles. The molecule has 2 atom stereocenters. The van der Waals surface area contributed by atoms with E-state index >= 15 is 0 Å². The largest absolute Gasteiger partial charge is 0.495 e. The molecule has 0 radical (unpaired) electrons. The minimum atomic E-state index is -3.96. The van der Waals surface area contributed by atoms with Gasteiger partial charge < -0.3 is 10.1 Å². The molecule has 0 fully saturated rings. The third-order valence-corrected chi connectivity index (χ3v) is 5.72. The number of nitrogens with one attached hydrogen (secondary N) is 2. The van der Waals surface area contributed by atoms with Gasteiger partial charge in [0.2, 0.25) is 15.9 Å². The normalized spacial score (nSPS) is 13.7. The fraction of sp³-hybridized carbons (Fsp3) is 0.278. The van der Waals surface area contributed by atoms with Crippen molar-refractivity contribution in [3.63, 3.8) is 0 Å². The van der Waals surface area contributed by atoms with Crippen LogP contribution in [0.15, 0.2) is 47.4 Å². The highest BCUT2D eigenvalue weighted by atomic mass is 35.5.